The molecule has 1 N–H and O–H groups in total. The highest BCUT2D eigenvalue weighted by atomic mass is 35.5. The molecule has 3 aliphatic heterocycles. The van der Waals surface area contributed by atoms with Crippen LogP contribution >= 0.6 is 22.9 Å². The summed E-state index contributed by atoms with van der Waals surface area (Å²) in [5.74, 6) is 0.810. The molecule has 3 aliphatic rings. The molecule has 1 spiro atoms. The zero-order chi connectivity index (χ0) is 17.3. The molecule has 0 aliphatic carbocycles. The van der Waals surface area contributed by atoms with Gasteiger partial charge in [0.25, 0.3) is 0 Å². The maximum Gasteiger partial charge on any atom is 0.0934 e. The predicted octanol–water partition coefficient (Wildman–Crippen LogP) is 4.56. The summed E-state index contributed by atoms with van der Waals surface area (Å²) in [6, 6.07) is 3.34. The number of hydrogen-bond acceptors (Lipinski definition) is 4. The van der Waals surface area contributed by atoms with Crippen molar-refractivity contribution in [1.82, 2.24) is 5.32 Å². The van der Waals surface area contributed by atoms with Crippen LogP contribution in [0.1, 0.15) is 55.9 Å². The van der Waals surface area contributed by atoms with Gasteiger partial charge < -0.3 is 14.8 Å². The van der Waals surface area contributed by atoms with Crippen molar-refractivity contribution in [2.24, 2.45) is 5.92 Å². The van der Waals surface area contributed by atoms with E-state index in [1.54, 1.807) is 4.88 Å². The van der Waals surface area contributed by atoms with Crippen LogP contribution in [0.2, 0.25) is 4.34 Å². The summed E-state index contributed by atoms with van der Waals surface area (Å²) < 4.78 is 12.4. The standard InChI is InChI=1S/C20H30ClNO2S/c1-14-12-20(13-17(22-14)10-15-2-6-23-7-3-15)5-9-24-8-4-16-11-18(21)25-19(16)20/h11,14-15,17,22H,2-10,12-13H2,1H3. The van der Waals surface area contributed by atoms with Crippen LogP contribution < -0.4 is 5.32 Å². The average molecular weight is 384 g/mol. The molecule has 140 valence electrons. The van der Waals surface area contributed by atoms with Crippen molar-refractivity contribution < 1.29 is 9.47 Å². The van der Waals surface area contributed by atoms with E-state index >= 15 is 0 Å². The highest BCUT2D eigenvalue weighted by Gasteiger charge is 2.43. The summed E-state index contributed by atoms with van der Waals surface area (Å²) in [6.07, 6.45) is 8.29. The Labute approximate surface area is 160 Å². The van der Waals surface area contributed by atoms with E-state index in [2.05, 4.69) is 18.3 Å². The van der Waals surface area contributed by atoms with E-state index in [1.807, 2.05) is 11.3 Å². The first kappa shape index (κ1) is 18.2. The second-order valence-corrected chi connectivity index (χ2v) is 9.95. The molecule has 3 atom stereocenters. The Balaban J connectivity index is 1.58. The first-order chi connectivity index (χ1) is 12.1. The molecule has 4 rings (SSSR count). The van der Waals surface area contributed by atoms with Crippen LogP contribution in [0.3, 0.4) is 0 Å². The lowest BCUT2D eigenvalue weighted by Crippen LogP contribution is -2.52. The minimum absolute atomic E-state index is 0.244. The molecule has 0 saturated carbocycles. The van der Waals surface area contributed by atoms with Gasteiger partial charge >= 0.3 is 0 Å². The molecule has 1 aromatic rings. The number of nitrogens with one attached hydrogen (secondary N) is 1. The van der Waals surface area contributed by atoms with Crippen molar-refractivity contribution in [1.29, 1.82) is 0 Å². The van der Waals surface area contributed by atoms with Gasteiger partial charge in [-0.2, -0.15) is 0 Å². The van der Waals surface area contributed by atoms with E-state index in [0.717, 1.165) is 49.5 Å². The summed E-state index contributed by atoms with van der Waals surface area (Å²) in [4.78, 5) is 1.56. The Bertz CT molecular complexity index is 586. The zero-order valence-corrected chi connectivity index (χ0v) is 16.8. The molecule has 1 aromatic heterocycles. The molecular formula is C20H30ClNO2S. The molecule has 2 fully saturated rings. The third kappa shape index (κ3) is 4.08. The molecule has 0 radical (unpaired) electrons. The van der Waals surface area contributed by atoms with Gasteiger partial charge in [0.15, 0.2) is 0 Å². The van der Waals surface area contributed by atoms with Gasteiger partial charge in [0.1, 0.15) is 0 Å². The van der Waals surface area contributed by atoms with Gasteiger partial charge in [0.2, 0.25) is 0 Å². The van der Waals surface area contributed by atoms with Crippen molar-refractivity contribution in [2.45, 2.75) is 69.4 Å². The van der Waals surface area contributed by atoms with Gasteiger partial charge in [0.05, 0.1) is 10.9 Å². The van der Waals surface area contributed by atoms with Gasteiger partial charge in [-0.15, -0.1) is 11.3 Å². The lowest BCUT2D eigenvalue weighted by molar-refractivity contribution is 0.0513. The fraction of sp³-hybridized carbons (Fsp3) is 0.800. The quantitative estimate of drug-likeness (QED) is 0.812. The number of piperidine rings is 1. The van der Waals surface area contributed by atoms with Crippen LogP contribution in [0, 0.1) is 5.92 Å². The zero-order valence-electron chi connectivity index (χ0n) is 15.2. The summed E-state index contributed by atoms with van der Waals surface area (Å²) in [5.41, 5.74) is 1.68. The van der Waals surface area contributed by atoms with Crippen molar-refractivity contribution >= 4 is 22.9 Å². The Morgan fingerprint density at radius 3 is 2.84 bits per heavy atom. The second kappa shape index (κ2) is 7.85. The van der Waals surface area contributed by atoms with Gasteiger partial charge in [-0.25, -0.2) is 0 Å². The largest absolute Gasteiger partial charge is 0.381 e. The van der Waals surface area contributed by atoms with Crippen LogP contribution in [0.25, 0.3) is 0 Å². The lowest BCUT2D eigenvalue weighted by atomic mass is 9.67. The topological polar surface area (TPSA) is 30.5 Å². The predicted molar refractivity (Wildman–Crippen MR) is 104 cm³/mol. The molecule has 0 aromatic carbocycles. The third-order valence-corrected chi connectivity index (χ3v) is 7.87. The van der Waals surface area contributed by atoms with Gasteiger partial charge in [-0.1, -0.05) is 11.6 Å². The van der Waals surface area contributed by atoms with E-state index < -0.39 is 0 Å². The normalized spacial score (nSPS) is 34.5. The summed E-state index contributed by atoms with van der Waals surface area (Å²) in [7, 11) is 0. The Morgan fingerprint density at radius 1 is 1.20 bits per heavy atom. The minimum atomic E-state index is 0.244. The van der Waals surface area contributed by atoms with E-state index in [1.165, 1.54) is 37.7 Å². The smallest absolute Gasteiger partial charge is 0.0934 e. The highest BCUT2D eigenvalue weighted by Crippen LogP contribution is 2.48. The van der Waals surface area contributed by atoms with Crippen LogP contribution in [-0.4, -0.2) is 38.5 Å². The van der Waals surface area contributed by atoms with Gasteiger partial charge in [-0.3, -0.25) is 0 Å². The van der Waals surface area contributed by atoms with Gasteiger partial charge in [0, 0.05) is 42.2 Å². The molecule has 3 unspecified atom stereocenters. The molecule has 3 nitrogen and oxygen atoms in total. The first-order valence-corrected chi connectivity index (χ1v) is 11.0. The Kier molecular flexibility index (Phi) is 5.73. The number of thiophene rings is 1. The van der Waals surface area contributed by atoms with E-state index in [0.29, 0.717) is 12.1 Å². The van der Waals surface area contributed by atoms with Crippen LogP contribution in [0.5, 0.6) is 0 Å². The number of halogens is 1. The van der Waals surface area contributed by atoms with Crippen LogP contribution in [-0.2, 0) is 21.3 Å². The molecule has 2 saturated heterocycles. The molecule has 25 heavy (non-hydrogen) atoms. The Hall–Kier alpha value is -0.130. The summed E-state index contributed by atoms with van der Waals surface area (Å²) in [6.45, 7) is 5.95. The van der Waals surface area contributed by atoms with E-state index in [-0.39, 0.29) is 5.41 Å². The Morgan fingerprint density at radius 2 is 2.00 bits per heavy atom. The number of ether oxygens (including phenoxy) is 2. The van der Waals surface area contributed by atoms with Crippen molar-refractivity contribution in [3.05, 3.63) is 20.8 Å². The molecule has 5 heteroatoms. The maximum absolute atomic E-state index is 6.44. The second-order valence-electron chi connectivity index (χ2n) is 8.26. The number of rotatable bonds is 2. The van der Waals surface area contributed by atoms with Crippen LogP contribution in [0.4, 0.5) is 0 Å². The number of hydrogen-bond donors (Lipinski definition) is 1. The third-order valence-electron chi connectivity index (χ3n) is 6.31. The summed E-state index contributed by atoms with van der Waals surface area (Å²) in [5, 5.41) is 3.90. The monoisotopic (exact) mass is 383 g/mol. The van der Waals surface area contributed by atoms with E-state index in [9.17, 15) is 0 Å². The van der Waals surface area contributed by atoms with Crippen molar-refractivity contribution in [3.63, 3.8) is 0 Å². The molecule has 0 bridgehead atoms. The lowest BCUT2D eigenvalue weighted by Gasteiger charge is -2.46. The molecule has 0 amide bonds. The van der Waals surface area contributed by atoms with Crippen molar-refractivity contribution in [2.75, 3.05) is 26.4 Å². The fourth-order valence-electron chi connectivity index (χ4n) is 5.28. The van der Waals surface area contributed by atoms with Crippen molar-refractivity contribution in [3.8, 4) is 0 Å². The van der Waals surface area contributed by atoms with E-state index in [4.69, 9.17) is 21.1 Å². The SMILES string of the molecule is CC1CC2(CCOCCc3cc(Cl)sc32)CC(CC2CCOCC2)N1. The van der Waals surface area contributed by atoms with Crippen LogP contribution in [0.15, 0.2) is 6.07 Å². The maximum atomic E-state index is 6.44. The fourth-order valence-corrected chi connectivity index (χ4v) is 6.82. The highest BCUT2D eigenvalue weighted by molar-refractivity contribution is 7.16. The number of fused-ring (bicyclic) bond motifs is 2. The minimum Gasteiger partial charge on any atom is -0.381 e. The average Bonchev–Trinajstić information content (AvgIpc) is 2.95. The first-order valence-electron chi connectivity index (χ1n) is 9.85. The van der Waals surface area contributed by atoms with Gasteiger partial charge in [-0.05, 0) is 69.4 Å². The summed E-state index contributed by atoms with van der Waals surface area (Å²) >= 11 is 8.27. The molecule has 4 heterocycles. The molecular weight excluding hydrogens is 354 g/mol.